The van der Waals surface area contributed by atoms with Crippen molar-refractivity contribution in [1.82, 2.24) is 5.32 Å². The molecule has 2 aromatic carbocycles. The zero-order valence-corrected chi connectivity index (χ0v) is 12.5. The predicted molar refractivity (Wildman–Crippen MR) is 84.7 cm³/mol. The largest absolute Gasteiger partial charge is 0.313 e. The van der Waals surface area contributed by atoms with E-state index in [0.29, 0.717) is 5.02 Å². The van der Waals surface area contributed by atoms with Gasteiger partial charge in [0.2, 0.25) is 0 Å². The maximum absolute atomic E-state index is 10.7. The van der Waals surface area contributed by atoms with Crippen molar-refractivity contribution in [2.24, 2.45) is 0 Å². The summed E-state index contributed by atoms with van der Waals surface area (Å²) in [5.74, 6) is 0. The van der Waals surface area contributed by atoms with Crippen LogP contribution >= 0.6 is 11.6 Å². The van der Waals surface area contributed by atoms with Gasteiger partial charge in [-0.15, -0.1) is 0 Å². The topological polar surface area (TPSA) is 55.2 Å². The number of benzene rings is 2. The number of non-ortho nitro benzene ring substituents is 1. The van der Waals surface area contributed by atoms with E-state index < -0.39 is 4.92 Å². The number of nitro groups is 1. The first-order chi connectivity index (χ1) is 10.1. The third-order valence-corrected chi connectivity index (χ3v) is 3.85. The van der Waals surface area contributed by atoms with Gasteiger partial charge >= 0.3 is 0 Å². The van der Waals surface area contributed by atoms with Gasteiger partial charge in [-0.05, 0) is 31.0 Å². The molecular weight excluding hydrogens is 288 g/mol. The molecule has 0 heterocycles. The number of halogens is 1. The molecule has 4 nitrogen and oxygen atoms in total. The fourth-order valence-electron chi connectivity index (χ4n) is 2.32. The number of hydrogen-bond acceptors (Lipinski definition) is 3. The molecule has 5 heteroatoms. The second kappa shape index (κ2) is 7.20. The molecule has 0 aliphatic carbocycles. The highest BCUT2D eigenvalue weighted by molar-refractivity contribution is 6.31. The molecule has 21 heavy (non-hydrogen) atoms. The van der Waals surface area contributed by atoms with E-state index in [1.54, 1.807) is 6.07 Å². The van der Waals surface area contributed by atoms with E-state index in [9.17, 15) is 10.1 Å². The number of nitro benzene ring substituents is 1. The molecule has 2 rings (SSSR count). The zero-order valence-electron chi connectivity index (χ0n) is 11.8. The molecule has 110 valence electrons. The monoisotopic (exact) mass is 304 g/mol. The molecule has 0 aromatic heterocycles. The summed E-state index contributed by atoms with van der Waals surface area (Å²) in [6.45, 7) is 0. The average molecular weight is 305 g/mol. The van der Waals surface area contributed by atoms with Crippen LogP contribution in [0.15, 0.2) is 48.5 Å². The normalized spacial score (nSPS) is 12.1. The van der Waals surface area contributed by atoms with Crippen molar-refractivity contribution in [3.63, 3.8) is 0 Å². The Morgan fingerprint density at radius 1 is 1.24 bits per heavy atom. The van der Waals surface area contributed by atoms with Gasteiger partial charge in [0.15, 0.2) is 0 Å². The first-order valence-corrected chi connectivity index (χ1v) is 7.14. The Hall–Kier alpha value is -1.91. The number of nitrogens with zero attached hydrogens (tertiary/aromatic N) is 1. The van der Waals surface area contributed by atoms with Gasteiger partial charge < -0.3 is 5.32 Å². The first kappa shape index (κ1) is 15.5. The maximum atomic E-state index is 10.7. The lowest BCUT2D eigenvalue weighted by atomic mass is 9.99. The highest BCUT2D eigenvalue weighted by Crippen LogP contribution is 2.26. The van der Waals surface area contributed by atoms with Crippen LogP contribution in [0.25, 0.3) is 0 Å². The van der Waals surface area contributed by atoms with Crippen LogP contribution in [0.4, 0.5) is 5.69 Å². The summed E-state index contributed by atoms with van der Waals surface area (Å²) >= 11 is 6.12. The molecule has 1 N–H and O–H groups in total. The summed E-state index contributed by atoms with van der Waals surface area (Å²) in [5.41, 5.74) is 2.17. The lowest BCUT2D eigenvalue weighted by Crippen LogP contribution is -2.17. The van der Waals surface area contributed by atoms with E-state index in [4.69, 9.17) is 11.6 Å². The van der Waals surface area contributed by atoms with Crippen LogP contribution in [-0.4, -0.2) is 12.0 Å². The average Bonchev–Trinajstić information content (AvgIpc) is 2.50. The Morgan fingerprint density at radius 2 is 1.95 bits per heavy atom. The summed E-state index contributed by atoms with van der Waals surface area (Å²) in [6.07, 6.45) is 1.63. The highest BCUT2D eigenvalue weighted by Gasteiger charge is 2.12. The molecule has 1 atom stereocenters. The van der Waals surface area contributed by atoms with Crippen molar-refractivity contribution in [2.45, 2.75) is 18.9 Å². The van der Waals surface area contributed by atoms with Crippen LogP contribution < -0.4 is 5.32 Å². The van der Waals surface area contributed by atoms with Crippen molar-refractivity contribution in [2.75, 3.05) is 7.05 Å². The van der Waals surface area contributed by atoms with Gasteiger partial charge in [0.25, 0.3) is 5.69 Å². The molecule has 0 aliphatic heterocycles. The smallest absolute Gasteiger partial charge is 0.270 e. The van der Waals surface area contributed by atoms with Crippen molar-refractivity contribution in [3.8, 4) is 0 Å². The first-order valence-electron chi connectivity index (χ1n) is 6.77. The van der Waals surface area contributed by atoms with E-state index in [0.717, 1.165) is 18.4 Å². The molecule has 2 aromatic rings. The predicted octanol–water partition coefficient (Wildman–Crippen LogP) is 4.14. The van der Waals surface area contributed by atoms with E-state index in [1.807, 2.05) is 25.2 Å². The van der Waals surface area contributed by atoms with Crippen LogP contribution in [0.3, 0.4) is 0 Å². The van der Waals surface area contributed by atoms with Crippen LogP contribution in [-0.2, 0) is 6.42 Å². The molecule has 0 radical (unpaired) electrons. The number of nitrogens with one attached hydrogen (secondary N) is 1. The van der Waals surface area contributed by atoms with Crippen molar-refractivity contribution < 1.29 is 4.92 Å². The Bertz CT molecular complexity index is 617. The van der Waals surface area contributed by atoms with Crippen LogP contribution in [0.1, 0.15) is 23.6 Å². The van der Waals surface area contributed by atoms with E-state index in [-0.39, 0.29) is 11.7 Å². The summed E-state index contributed by atoms with van der Waals surface area (Å²) in [5, 5.41) is 14.4. The summed E-state index contributed by atoms with van der Waals surface area (Å²) in [4.78, 5) is 10.3. The molecule has 0 spiro atoms. The van der Waals surface area contributed by atoms with E-state index in [1.165, 1.54) is 17.7 Å². The number of rotatable bonds is 6. The molecule has 0 aliphatic rings. The van der Waals surface area contributed by atoms with Crippen LogP contribution in [0.5, 0.6) is 0 Å². The van der Waals surface area contributed by atoms with Gasteiger partial charge in [0.05, 0.1) is 9.95 Å². The van der Waals surface area contributed by atoms with Crippen LogP contribution in [0.2, 0.25) is 5.02 Å². The van der Waals surface area contributed by atoms with Gasteiger partial charge in [-0.3, -0.25) is 10.1 Å². The Balaban J connectivity index is 2.07. The fourth-order valence-corrected chi connectivity index (χ4v) is 2.58. The Labute approximate surface area is 128 Å². The zero-order chi connectivity index (χ0) is 15.2. The summed E-state index contributed by atoms with van der Waals surface area (Å²) in [6, 6.07) is 15.1. The van der Waals surface area contributed by atoms with E-state index in [2.05, 4.69) is 17.4 Å². The SMILES string of the molecule is CNC(CCc1ccc([N+](=O)[O-])cc1Cl)c1ccccc1. The molecule has 1 unspecified atom stereocenters. The molecule has 0 amide bonds. The molecule has 0 fully saturated rings. The highest BCUT2D eigenvalue weighted by atomic mass is 35.5. The quantitative estimate of drug-likeness (QED) is 0.644. The van der Waals surface area contributed by atoms with Crippen molar-refractivity contribution >= 4 is 17.3 Å². The van der Waals surface area contributed by atoms with Crippen molar-refractivity contribution in [1.29, 1.82) is 0 Å². The Kier molecular flexibility index (Phi) is 5.31. The van der Waals surface area contributed by atoms with Crippen molar-refractivity contribution in [3.05, 3.63) is 74.8 Å². The van der Waals surface area contributed by atoms with Gasteiger partial charge in [-0.2, -0.15) is 0 Å². The van der Waals surface area contributed by atoms with Gasteiger partial charge in [-0.25, -0.2) is 0 Å². The standard InChI is InChI=1S/C16H17ClN2O2/c1-18-16(13-5-3-2-4-6-13)10-8-12-7-9-14(19(20)21)11-15(12)17/h2-7,9,11,16,18H,8,10H2,1H3. The molecule has 0 saturated carbocycles. The minimum atomic E-state index is -0.434. The third kappa shape index (κ3) is 4.03. The minimum Gasteiger partial charge on any atom is -0.313 e. The molecule has 0 saturated heterocycles. The maximum Gasteiger partial charge on any atom is 0.270 e. The summed E-state index contributed by atoms with van der Waals surface area (Å²) < 4.78 is 0. The third-order valence-electron chi connectivity index (χ3n) is 3.50. The molecule has 0 bridgehead atoms. The Morgan fingerprint density at radius 3 is 2.52 bits per heavy atom. The van der Waals surface area contributed by atoms with Gasteiger partial charge in [-0.1, -0.05) is 48.0 Å². The van der Waals surface area contributed by atoms with E-state index >= 15 is 0 Å². The minimum absolute atomic E-state index is 0.0250. The second-order valence-corrected chi connectivity index (χ2v) is 5.23. The van der Waals surface area contributed by atoms with Gasteiger partial charge in [0.1, 0.15) is 0 Å². The second-order valence-electron chi connectivity index (χ2n) is 4.82. The lowest BCUT2D eigenvalue weighted by Gasteiger charge is -2.17. The van der Waals surface area contributed by atoms with Crippen LogP contribution in [0, 0.1) is 10.1 Å². The summed E-state index contributed by atoms with van der Waals surface area (Å²) in [7, 11) is 1.93. The molecular formula is C16H17ClN2O2. The van der Waals surface area contributed by atoms with Gasteiger partial charge in [0, 0.05) is 18.2 Å². The number of hydrogen-bond donors (Lipinski definition) is 1. The fraction of sp³-hybridized carbons (Fsp3) is 0.250. The lowest BCUT2D eigenvalue weighted by molar-refractivity contribution is -0.384. The number of aryl methyl sites for hydroxylation is 1.